The van der Waals surface area contributed by atoms with Crippen molar-refractivity contribution < 1.29 is 18.8 Å². The van der Waals surface area contributed by atoms with Gasteiger partial charge in [0.05, 0.1) is 27.2 Å². The van der Waals surface area contributed by atoms with Crippen LogP contribution >= 0.6 is 0 Å². The van der Waals surface area contributed by atoms with E-state index in [1.54, 1.807) is 0 Å². The fourth-order valence-corrected chi connectivity index (χ4v) is 6.40. The number of nitrogens with zero attached hydrogens (tertiary/aromatic N) is 1. The number of quaternary nitrogens is 1. The number of hydrogen-bond acceptors (Lipinski definition) is 3. The summed E-state index contributed by atoms with van der Waals surface area (Å²) < 4.78 is 6.45. The lowest BCUT2D eigenvalue weighted by Gasteiger charge is -2.54. The third kappa shape index (κ3) is 4.83. The molecule has 2 aliphatic rings. The van der Waals surface area contributed by atoms with Gasteiger partial charge in [0, 0.05) is 36.3 Å². The van der Waals surface area contributed by atoms with Crippen molar-refractivity contribution in [3.63, 3.8) is 0 Å². The molecular weight excluding hydrogens is 436 g/mol. The summed E-state index contributed by atoms with van der Waals surface area (Å²) in [6, 6.07) is 22.2. The number of likely N-dealkylation sites (tertiary alicyclic amines) is 1. The standard InChI is InChI=1S/C30H34N2O3/c1-21(33)35-28-10-6-9-25(18-28)30-15-16-32(2,3)20-26(30)13-14-27(19-30)31-29(34)24-12-11-22-7-4-5-8-23(22)17-24/h4-12,17-18,26-27H,13-16,19-20H2,1-3H3/p+1/t26-,27-,30+/m1/s1. The number of hydrogen-bond donors (Lipinski definition) is 1. The zero-order valence-electron chi connectivity index (χ0n) is 20.9. The number of fused-ring (bicyclic) bond motifs is 2. The SMILES string of the molecule is CC(=O)Oc1cccc([C@@]23CC[N+](C)(C)C[C@H]2CC[C@@H](NC(=O)c2ccc4ccccc4c2)C3)c1. The molecule has 35 heavy (non-hydrogen) atoms. The van der Waals surface area contributed by atoms with Crippen LogP contribution in [0.2, 0.25) is 0 Å². The molecule has 5 heteroatoms. The van der Waals surface area contributed by atoms with Gasteiger partial charge in [0.15, 0.2) is 0 Å². The number of piperidine rings is 1. The average molecular weight is 472 g/mol. The van der Waals surface area contributed by atoms with Crippen molar-refractivity contribution in [1.29, 1.82) is 0 Å². The molecule has 3 atom stereocenters. The van der Waals surface area contributed by atoms with Crippen molar-refractivity contribution >= 4 is 22.6 Å². The van der Waals surface area contributed by atoms with Gasteiger partial charge in [0.1, 0.15) is 5.75 Å². The van der Waals surface area contributed by atoms with E-state index < -0.39 is 0 Å². The molecule has 0 aromatic heterocycles. The van der Waals surface area contributed by atoms with Gasteiger partial charge in [-0.15, -0.1) is 0 Å². The topological polar surface area (TPSA) is 55.4 Å². The molecule has 0 radical (unpaired) electrons. The summed E-state index contributed by atoms with van der Waals surface area (Å²) >= 11 is 0. The smallest absolute Gasteiger partial charge is 0.308 e. The van der Waals surface area contributed by atoms with Crippen LogP contribution < -0.4 is 10.1 Å². The highest BCUT2D eigenvalue weighted by Crippen LogP contribution is 2.50. The summed E-state index contributed by atoms with van der Waals surface area (Å²) in [5.41, 5.74) is 1.90. The van der Waals surface area contributed by atoms with E-state index in [9.17, 15) is 9.59 Å². The Bertz CT molecular complexity index is 1270. The monoisotopic (exact) mass is 471 g/mol. The van der Waals surface area contributed by atoms with Gasteiger partial charge in [0.25, 0.3) is 5.91 Å². The third-order valence-electron chi connectivity index (χ3n) is 8.15. The first-order valence-electron chi connectivity index (χ1n) is 12.6. The Morgan fingerprint density at radius 2 is 1.77 bits per heavy atom. The second kappa shape index (κ2) is 9.12. The molecule has 0 bridgehead atoms. The van der Waals surface area contributed by atoms with Crippen molar-refractivity contribution in [1.82, 2.24) is 5.32 Å². The molecule has 1 N–H and O–H groups in total. The average Bonchev–Trinajstić information content (AvgIpc) is 2.83. The molecular formula is C30H35N2O3+. The maximum absolute atomic E-state index is 13.3. The van der Waals surface area contributed by atoms with Crippen LogP contribution in [0.3, 0.4) is 0 Å². The van der Waals surface area contributed by atoms with Crippen LogP contribution in [0.25, 0.3) is 10.8 Å². The Kier molecular flexibility index (Phi) is 6.14. The normalized spacial score (nSPS) is 25.5. The number of benzene rings is 3. The maximum atomic E-state index is 13.3. The summed E-state index contributed by atoms with van der Waals surface area (Å²) in [5.74, 6) is 0.814. The summed E-state index contributed by atoms with van der Waals surface area (Å²) in [6.45, 7) is 3.64. The first-order valence-corrected chi connectivity index (χ1v) is 12.6. The van der Waals surface area contributed by atoms with E-state index in [1.807, 2.05) is 54.6 Å². The van der Waals surface area contributed by atoms with E-state index >= 15 is 0 Å². The van der Waals surface area contributed by atoms with Crippen LogP contribution in [-0.2, 0) is 10.2 Å². The van der Waals surface area contributed by atoms with E-state index in [-0.39, 0.29) is 23.3 Å². The molecule has 1 aliphatic carbocycles. The van der Waals surface area contributed by atoms with Crippen molar-refractivity contribution in [2.24, 2.45) is 5.92 Å². The number of rotatable bonds is 4. The van der Waals surface area contributed by atoms with Gasteiger partial charge >= 0.3 is 5.97 Å². The fourth-order valence-electron chi connectivity index (χ4n) is 6.40. The molecule has 1 saturated heterocycles. The lowest BCUT2D eigenvalue weighted by Crippen LogP contribution is -2.60. The van der Waals surface area contributed by atoms with Crippen LogP contribution in [0, 0.1) is 5.92 Å². The van der Waals surface area contributed by atoms with Crippen molar-refractivity contribution in [2.45, 2.75) is 44.1 Å². The van der Waals surface area contributed by atoms with Crippen LogP contribution in [0.1, 0.15) is 48.5 Å². The molecule has 1 aliphatic heterocycles. The zero-order chi connectivity index (χ0) is 24.6. The lowest BCUT2D eigenvalue weighted by molar-refractivity contribution is -0.901. The molecule has 2 fully saturated rings. The zero-order valence-corrected chi connectivity index (χ0v) is 20.9. The largest absolute Gasteiger partial charge is 0.427 e. The fraction of sp³-hybridized carbons (Fsp3) is 0.400. The Hall–Kier alpha value is -3.18. The molecule has 1 saturated carbocycles. The van der Waals surface area contributed by atoms with Gasteiger partial charge in [-0.3, -0.25) is 9.59 Å². The molecule has 3 aromatic rings. The van der Waals surface area contributed by atoms with E-state index in [1.165, 1.54) is 12.5 Å². The summed E-state index contributed by atoms with van der Waals surface area (Å²) in [6.07, 6.45) is 4.01. The van der Waals surface area contributed by atoms with Crippen molar-refractivity contribution in [3.05, 3.63) is 77.9 Å². The van der Waals surface area contributed by atoms with Crippen LogP contribution in [0.5, 0.6) is 5.75 Å². The Balaban J connectivity index is 1.41. The molecule has 1 heterocycles. The molecule has 1 amide bonds. The second-order valence-electron chi connectivity index (χ2n) is 11.1. The second-order valence-corrected chi connectivity index (χ2v) is 11.1. The molecule has 3 aromatic carbocycles. The number of amides is 1. The lowest BCUT2D eigenvalue weighted by atomic mass is 9.57. The van der Waals surface area contributed by atoms with Crippen molar-refractivity contribution in [2.75, 3.05) is 27.2 Å². The summed E-state index contributed by atoms with van der Waals surface area (Å²) in [4.78, 5) is 24.8. The van der Waals surface area contributed by atoms with Gasteiger partial charge in [0.2, 0.25) is 0 Å². The van der Waals surface area contributed by atoms with E-state index in [2.05, 4.69) is 31.5 Å². The number of nitrogens with one attached hydrogen (secondary N) is 1. The minimum Gasteiger partial charge on any atom is -0.427 e. The first-order chi connectivity index (χ1) is 16.7. The molecule has 182 valence electrons. The molecule has 0 unspecified atom stereocenters. The molecule has 5 rings (SSSR count). The van der Waals surface area contributed by atoms with Gasteiger partial charge in [-0.05, 0) is 59.9 Å². The highest BCUT2D eigenvalue weighted by Gasteiger charge is 2.51. The first kappa shape index (κ1) is 23.6. The highest BCUT2D eigenvalue weighted by atomic mass is 16.5. The predicted molar refractivity (Wildman–Crippen MR) is 138 cm³/mol. The molecule has 0 spiro atoms. The number of carbonyl (C=O) groups is 2. The van der Waals surface area contributed by atoms with Crippen LogP contribution in [0.15, 0.2) is 66.7 Å². The predicted octanol–water partition coefficient (Wildman–Crippen LogP) is 5.08. The van der Waals surface area contributed by atoms with Crippen molar-refractivity contribution in [3.8, 4) is 5.75 Å². The summed E-state index contributed by atoms with van der Waals surface area (Å²) in [7, 11) is 4.62. The quantitative estimate of drug-likeness (QED) is 0.328. The van der Waals surface area contributed by atoms with Gasteiger partial charge in [-0.2, -0.15) is 0 Å². The van der Waals surface area contributed by atoms with Crippen LogP contribution in [-0.4, -0.2) is 49.6 Å². The highest BCUT2D eigenvalue weighted by molar-refractivity contribution is 5.98. The summed E-state index contributed by atoms with van der Waals surface area (Å²) in [5, 5.41) is 5.58. The minimum absolute atomic E-state index is 0.00469. The number of carbonyl (C=O) groups excluding carboxylic acids is 2. The maximum Gasteiger partial charge on any atom is 0.308 e. The molecule has 5 nitrogen and oxygen atoms in total. The Labute approximate surface area is 207 Å². The van der Waals surface area contributed by atoms with E-state index in [0.29, 0.717) is 17.2 Å². The van der Waals surface area contributed by atoms with Gasteiger partial charge in [-0.25, -0.2) is 0 Å². The van der Waals surface area contributed by atoms with E-state index in [0.717, 1.165) is 54.0 Å². The Morgan fingerprint density at radius 3 is 2.57 bits per heavy atom. The van der Waals surface area contributed by atoms with Gasteiger partial charge in [-0.1, -0.05) is 42.5 Å². The van der Waals surface area contributed by atoms with E-state index in [4.69, 9.17) is 4.74 Å². The minimum atomic E-state index is -0.304. The van der Waals surface area contributed by atoms with Crippen LogP contribution in [0.4, 0.5) is 0 Å². The third-order valence-corrected chi connectivity index (χ3v) is 8.15. The van der Waals surface area contributed by atoms with Gasteiger partial charge < -0.3 is 14.5 Å². The number of ether oxygens (including phenoxy) is 1. The number of esters is 1. The Morgan fingerprint density at radius 1 is 0.971 bits per heavy atom.